The van der Waals surface area contributed by atoms with Crippen LogP contribution in [0.15, 0.2) is 66.7 Å². The van der Waals surface area contributed by atoms with E-state index in [0.29, 0.717) is 5.56 Å². The van der Waals surface area contributed by atoms with E-state index in [1.807, 2.05) is 54.6 Å². The van der Waals surface area contributed by atoms with Crippen LogP contribution in [0.3, 0.4) is 0 Å². The smallest absolute Gasteiger partial charge is 0.142 e. The van der Waals surface area contributed by atoms with Gasteiger partial charge in [0.2, 0.25) is 0 Å². The zero-order valence-corrected chi connectivity index (χ0v) is 12.3. The molecule has 3 heteroatoms. The number of nitrogens with two attached hydrogens (primary N) is 1. The van der Waals surface area contributed by atoms with Gasteiger partial charge >= 0.3 is 0 Å². The molecule has 108 valence electrons. The van der Waals surface area contributed by atoms with Crippen molar-refractivity contribution in [3.8, 4) is 17.2 Å². The molecule has 0 saturated heterocycles. The lowest BCUT2D eigenvalue weighted by Gasteiger charge is -2.13. The highest BCUT2D eigenvalue weighted by atomic mass is 14.8. The minimum absolute atomic E-state index is 0.272. The molecule has 4 aromatic rings. The molecule has 0 bridgehead atoms. The zero-order chi connectivity index (χ0) is 15.8. The first-order valence-corrected chi connectivity index (χ1v) is 7.36. The standard InChI is InChI=1S/C20H13N3/c21-12-16-18(14-7-2-1-3-8-14)19-15-9-5-4-6-13(15)10-11-17(19)23-20(16)22/h1-11H,(H2,22,23). The number of nitrogens with zero attached hydrogens (tertiary/aromatic N) is 2. The number of fused-ring (bicyclic) bond motifs is 3. The molecule has 2 N–H and O–H groups in total. The summed E-state index contributed by atoms with van der Waals surface area (Å²) in [5.41, 5.74) is 9.11. The summed E-state index contributed by atoms with van der Waals surface area (Å²) < 4.78 is 0. The summed E-state index contributed by atoms with van der Waals surface area (Å²) in [5.74, 6) is 0.272. The number of nitriles is 1. The fourth-order valence-electron chi connectivity index (χ4n) is 3.06. The van der Waals surface area contributed by atoms with E-state index >= 15 is 0 Å². The maximum absolute atomic E-state index is 9.62. The Morgan fingerprint density at radius 1 is 0.870 bits per heavy atom. The second-order valence-corrected chi connectivity index (χ2v) is 5.41. The lowest BCUT2D eigenvalue weighted by molar-refractivity contribution is 1.38. The molecule has 0 aliphatic carbocycles. The summed E-state index contributed by atoms with van der Waals surface area (Å²) in [4.78, 5) is 4.44. The normalized spacial score (nSPS) is 10.7. The first-order chi connectivity index (χ1) is 11.3. The van der Waals surface area contributed by atoms with Gasteiger partial charge in [-0.2, -0.15) is 5.26 Å². The largest absolute Gasteiger partial charge is 0.383 e. The van der Waals surface area contributed by atoms with Crippen LogP contribution in [0.2, 0.25) is 0 Å². The molecule has 0 aliphatic rings. The summed E-state index contributed by atoms with van der Waals surface area (Å²) in [7, 11) is 0. The average Bonchev–Trinajstić information content (AvgIpc) is 2.61. The monoisotopic (exact) mass is 295 g/mol. The van der Waals surface area contributed by atoms with Gasteiger partial charge in [0.15, 0.2) is 0 Å². The molecule has 0 unspecified atom stereocenters. The van der Waals surface area contributed by atoms with E-state index in [1.165, 1.54) is 0 Å². The van der Waals surface area contributed by atoms with Crippen LogP contribution in [0.25, 0.3) is 32.8 Å². The molecule has 0 aliphatic heterocycles. The quantitative estimate of drug-likeness (QED) is 0.525. The van der Waals surface area contributed by atoms with Gasteiger partial charge in [-0.1, -0.05) is 60.7 Å². The number of nitrogen functional groups attached to an aromatic ring is 1. The van der Waals surface area contributed by atoms with Crippen LogP contribution in [0.5, 0.6) is 0 Å². The molecular formula is C20H13N3. The number of aromatic nitrogens is 1. The van der Waals surface area contributed by atoms with Crippen LogP contribution >= 0.6 is 0 Å². The van der Waals surface area contributed by atoms with E-state index in [1.54, 1.807) is 0 Å². The third-order valence-electron chi connectivity index (χ3n) is 4.08. The van der Waals surface area contributed by atoms with Crippen molar-refractivity contribution >= 4 is 27.5 Å². The third kappa shape index (κ3) is 2.01. The predicted molar refractivity (Wildman–Crippen MR) is 93.8 cm³/mol. The minimum Gasteiger partial charge on any atom is -0.383 e. The fraction of sp³-hybridized carbons (Fsp3) is 0. The van der Waals surface area contributed by atoms with Gasteiger partial charge in [0.25, 0.3) is 0 Å². The molecule has 0 fully saturated rings. The second-order valence-electron chi connectivity index (χ2n) is 5.41. The first kappa shape index (κ1) is 13.3. The Morgan fingerprint density at radius 2 is 1.61 bits per heavy atom. The van der Waals surface area contributed by atoms with E-state index in [0.717, 1.165) is 32.8 Å². The van der Waals surface area contributed by atoms with Crippen molar-refractivity contribution in [2.45, 2.75) is 0 Å². The van der Waals surface area contributed by atoms with Gasteiger partial charge in [-0.05, 0) is 22.4 Å². The van der Waals surface area contributed by atoms with E-state index in [-0.39, 0.29) is 5.82 Å². The summed E-state index contributed by atoms with van der Waals surface area (Å²) in [6.07, 6.45) is 0. The van der Waals surface area contributed by atoms with Gasteiger partial charge < -0.3 is 5.73 Å². The van der Waals surface area contributed by atoms with Crippen molar-refractivity contribution in [1.82, 2.24) is 4.98 Å². The molecule has 23 heavy (non-hydrogen) atoms. The van der Waals surface area contributed by atoms with Gasteiger partial charge in [0, 0.05) is 10.9 Å². The number of hydrogen-bond acceptors (Lipinski definition) is 3. The van der Waals surface area contributed by atoms with Crippen molar-refractivity contribution in [3.63, 3.8) is 0 Å². The van der Waals surface area contributed by atoms with Crippen molar-refractivity contribution < 1.29 is 0 Å². The maximum Gasteiger partial charge on any atom is 0.142 e. The SMILES string of the molecule is N#Cc1c(N)nc2ccc3ccccc3c2c1-c1ccccc1. The minimum atomic E-state index is 0.272. The fourth-order valence-corrected chi connectivity index (χ4v) is 3.06. The Bertz CT molecular complexity index is 1080. The summed E-state index contributed by atoms with van der Waals surface area (Å²) in [5, 5.41) is 12.8. The van der Waals surface area contributed by atoms with Crippen molar-refractivity contribution in [2.75, 3.05) is 5.73 Å². The van der Waals surface area contributed by atoms with Crippen LogP contribution in [-0.2, 0) is 0 Å². The zero-order valence-electron chi connectivity index (χ0n) is 12.3. The third-order valence-corrected chi connectivity index (χ3v) is 4.08. The van der Waals surface area contributed by atoms with Gasteiger partial charge in [-0.15, -0.1) is 0 Å². The molecule has 3 nitrogen and oxygen atoms in total. The van der Waals surface area contributed by atoms with Crippen LogP contribution in [0, 0.1) is 11.3 Å². The van der Waals surface area contributed by atoms with Crippen molar-refractivity contribution in [2.24, 2.45) is 0 Å². The molecule has 0 amide bonds. The summed E-state index contributed by atoms with van der Waals surface area (Å²) in [6, 6.07) is 24.2. The molecule has 0 spiro atoms. The van der Waals surface area contributed by atoms with Crippen molar-refractivity contribution in [3.05, 3.63) is 72.3 Å². The van der Waals surface area contributed by atoms with Crippen LogP contribution in [0.1, 0.15) is 5.56 Å². The summed E-state index contributed by atoms with van der Waals surface area (Å²) >= 11 is 0. The number of pyridine rings is 1. The highest BCUT2D eigenvalue weighted by molar-refractivity contribution is 6.15. The second kappa shape index (κ2) is 5.11. The topological polar surface area (TPSA) is 62.7 Å². The van der Waals surface area contributed by atoms with Gasteiger partial charge in [-0.25, -0.2) is 4.98 Å². The Morgan fingerprint density at radius 3 is 2.39 bits per heavy atom. The molecular weight excluding hydrogens is 282 g/mol. The highest BCUT2D eigenvalue weighted by Gasteiger charge is 2.16. The van der Waals surface area contributed by atoms with Gasteiger partial charge in [0.1, 0.15) is 17.5 Å². The maximum atomic E-state index is 9.62. The van der Waals surface area contributed by atoms with Gasteiger partial charge in [0.05, 0.1) is 5.52 Å². The van der Waals surface area contributed by atoms with E-state index in [2.05, 4.69) is 23.2 Å². The van der Waals surface area contributed by atoms with Crippen LogP contribution in [-0.4, -0.2) is 4.98 Å². The van der Waals surface area contributed by atoms with Gasteiger partial charge in [-0.3, -0.25) is 0 Å². The summed E-state index contributed by atoms with van der Waals surface area (Å²) in [6.45, 7) is 0. The Kier molecular flexibility index (Phi) is 2.96. The molecule has 1 aromatic heterocycles. The lowest BCUT2D eigenvalue weighted by atomic mass is 9.93. The first-order valence-electron chi connectivity index (χ1n) is 7.36. The average molecular weight is 295 g/mol. The Balaban J connectivity index is 2.29. The number of benzene rings is 3. The van der Waals surface area contributed by atoms with Crippen LogP contribution < -0.4 is 5.73 Å². The number of rotatable bonds is 1. The molecule has 0 atom stereocenters. The molecule has 4 rings (SSSR count). The number of anilines is 1. The lowest BCUT2D eigenvalue weighted by Crippen LogP contribution is -1.99. The Hall–Kier alpha value is -3.38. The molecule has 0 saturated carbocycles. The van der Waals surface area contributed by atoms with Crippen molar-refractivity contribution in [1.29, 1.82) is 5.26 Å². The van der Waals surface area contributed by atoms with E-state index in [9.17, 15) is 5.26 Å². The number of hydrogen-bond donors (Lipinski definition) is 1. The Labute approximate surface area is 133 Å². The van der Waals surface area contributed by atoms with Crippen LogP contribution in [0.4, 0.5) is 5.82 Å². The predicted octanol–water partition coefficient (Wildman–Crippen LogP) is 4.51. The van der Waals surface area contributed by atoms with E-state index in [4.69, 9.17) is 5.73 Å². The highest BCUT2D eigenvalue weighted by Crippen LogP contribution is 2.37. The molecule has 0 radical (unpaired) electrons. The molecule has 1 heterocycles. The molecule has 3 aromatic carbocycles. The van der Waals surface area contributed by atoms with E-state index < -0.39 is 0 Å².